The molecule has 1 aliphatic heterocycles. The SMILES string of the molecule is Cc1ncsc1-c1ccc(CNC(=O)[C@@H]2C[C@@H](O)CN2C(=O)[C@@H](NC(=O)C2(F)CC2)C(C)(C)C)c(OCCCCCN(CCc2c[nH]c3ccccc23)Cc2ccc(/C=C/C(=O)CO)cc2)c1. The predicted molar refractivity (Wildman–Crippen MR) is 259 cm³/mol. The number of aryl methyl sites for hydroxylation is 1. The number of amides is 3. The zero-order valence-corrected chi connectivity index (χ0v) is 39.7. The van der Waals surface area contributed by atoms with Crippen LogP contribution >= 0.6 is 11.3 Å². The van der Waals surface area contributed by atoms with E-state index in [1.165, 1.54) is 33.3 Å². The molecule has 2 aliphatic rings. The maximum atomic E-state index is 14.7. The molecule has 0 unspecified atom stereocenters. The molecule has 3 aromatic carbocycles. The van der Waals surface area contributed by atoms with E-state index in [0.717, 1.165) is 83.7 Å². The lowest BCUT2D eigenvalue weighted by molar-refractivity contribution is -0.145. The molecule has 0 radical (unpaired) electrons. The molecule has 3 atom stereocenters. The van der Waals surface area contributed by atoms with Gasteiger partial charge in [0.1, 0.15) is 24.4 Å². The summed E-state index contributed by atoms with van der Waals surface area (Å²) >= 11 is 1.54. The topological polar surface area (TPSA) is 177 Å². The van der Waals surface area contributed by atoms with Gasteiger partial charge >= 0.3 is 0 Å². The van der Waals surface area contributed by atoms with Gasteiger partial charge in [-0.3, -0.25) is 24.1 Å². The van der Waals surface area contributed by atoms with Crippen molar-refractivity contribution in [1.82, 2.24) is 30.4 Å². The summed E-state index contributed by atoms with van der Waals surface area (Å²) in [6.07, 6.45) is 8.05. The Morgan fingerprint density at radius 3 is 2.54 bits per heavy atom. The summed E-state index contributed by atoms with van der Waals surface area (Å²) in [4.78, 5) is 64.8. The van der Waals surface area contributed by atoms with Gasteiger partial charge in [0, 0.05) is 55.3 Å². The summed E-state index contributed by atoms with van der Waals surface area (Å²) in [5.74, 6) is -1.52. The Morgan fingerprint density at radius 1 is 1.04 bits per heavy atom. The molecule has 0 spiro atoms. The second-order valence-electron chi connectivity index (χ2n) is 18.9. The number of H-pyrrole nitrogens is 1. The van der Waals surface area contributed by atoms with Gasteiger partial charge in [-0.05, 0) is 97.9 Å². The van der Waals surface area contributed by atoms with Crippen molar-refractivity contribution in [1.29, 1.82) is 0 Å². The Balaban J connectivity index is 0.975. The highest BCUT2D eigenvalue weighted by Gasteiger charge is 2.53. The number of fused-ring (bicyclic) bond motifs is 1. The van der Waals surface area contributed by atoms with Gasteiger partial charge < -0.3 is 35.5 Å². The minimum absolute atomic E-state index is 0.0298. The smallest absolute Gasteiger partial charge is 0.258 e. The highest BCUT2D eigenvalue weighted by molar-refractivity contribution is 7.13. The van der Waals surface area contributed by atoms with Crippen molar-refractivity contribution in [2.45, 2.75) is 110 Å². The first-order chi connectivity index (χ1) is 32.1. The Kier molecular flexibility index (Phi) is 16.1. The van der Waals surface area contributed by atoms with Gasteiger partial charge in [0.15, 0.2) is 11.5 Å². The second-order valence-corrected chi connectivity index (χ2v) is 19.8. The molecule has 0 bridgehead atoms. The lowest BCUT2D eigenvalue weighted by atomic mass is 9.85. The van der Waals surface area contributed by atoms with Crippen molar-refractivity contribution in [3.05, 3.63) is 112 Å². The van der Waals surface area contributed by atoms with Crippen molar-refractivity contribution in [2.75, 3.05) is 32.8 Å². The summed E-state index contributed by atoms with van der Waals surface area (Å²) in [6, 6.07) is 20.3. The fourth-order valence-corrected chi connectivity index (χ4v) is 9.29. The van der Waals surface area contributed by atoms with Crippen LogP contribution < -0.4 is 15.4 Å². The van der Waals surface area contributed by atoms with Gasteiger partial charge in [-0.1, -0.05) is 81.4 Å². The van der Waals surface area contributed by atoms with Crippen molar-refractivity contribution < 1.29 is 38.5 Å². The highest BCUT2D eigenvalue weighted by atomic mass is 32.1. The van der Waals surface area contributed by atoms with Gasteiger partial charge in [0.05, 0.1) is 28.8 Å². The summed E-state index contributed by atoms with van der Waals surface area (Å²) in [6.45, 7) is 9.73. The highest BCUT2D eigenvalue weighted by Crippen LogP contribution is 2.40. The van der Waals surface area contributed by atoms with E-state index in [-0.39, 0.29) is 38.1 Å². The third-order valence-corrected chi connectivity index (χ3v) is 13.6. The number of unbranched alkanes of at least 4 members (excludes halogenated alkanes) is 2. The quantitative estimate of drug-likeness (QED) is 0.0359. The molecule has 356 valence electrons. The second kappa shape index (κ2) is 21.9. The molecule has 3 heterocycles. The van der Waals surface area contributed by atoms with Gasteiger partial charge in [0.2, 0.25) is 11.8 Å². The van der Waals surface area contributed by atoms with Crippen molar-refractivity contribution in [3.8, 4) is 16.2 Å². The number of hydrogen-bond acceptors (Lipinski definition) is 10. The Hall–Kier alpha value is -5.74. The molecular weight excluding hydrogens is 872 g/mol. The first-order valence-electron chi connectivity index (χ1n) is 23.2. The molecule has 67 heavy (non-hydrogen) atoms. The molecule has 1 aliphatic carbocycles. The monoisotopic (exact) mass is 934 g/mol. The van der Waals surface area contributed by atoms with E-state index in [4.69, 9.17) is 9.84 Å². The number of benzene rings is 3. The zero-order valence-electron chi connectivity index (χ0n) is 38.9. The zero-order chi connectivity index (χ0) is 47.7. The van der Waals surface area contributed by atoms with E-state index in [1.807, 2.05) is 43.3 Å². The maximum Gasteiger partial charge on any atom is 0.258 e. The van der Waals surface area contributed by atoms with Crippen LogP contribution in [0.25, 0.3) is 27.4 Å². The van der Waals surface area contributed by atoms with Crippen LogP contribution in [-0.4, -0.2) is 110 Å². The molecule has 5 N–H and O–H groups in total. The number of halogens is 1. The standard InChI is InChI=1S/C52H63FN6O7S/c1-34-46(67-33-56-34)37-17-18-39(29-55-48(63)44-27-41(62)31-59(44)49(64)47(51(2,3)4)57-50(65)52(53)21-22-52)45(26-37)66-25-9-5-8-23-58(24-20-38-28-54-43-11-7-6-10-42(38)43)30-36-14-12-35(13-15-36)16-19-40(61)32-60/h6-7,10-19,26,28,33,41,44,47,54,60,62H,5,8-9,20-25,27,29-32H2,1-4H3,(H,55,63)(H,57,65)/b19-16+/t41-,44+,47-/m1/s1. The summed E-state index contributed by atoms with van der Waals surface area (Å²) in [5.41, 5.74) is 6.10. The van der Waals surface area contributed by atoms with E-state index < -0.39 is 53.6 Å². The van der Waals surface area contributed by atoms with E-state index in [2.05, 4.69) is 62.0 Å². The first kappa shape index (κ1) is 49.2. The summed E-state index contributed by atoms with van der Waals surface area (Å²) in [5, 5.41) is 26.6. The lowest BCUT2D eigenvalue weighted by Gasteiger charge is -2.35. The minimum atomic E-state index is -1.97. The third-order valence-electron chi connectivity index (χ3n) is 12.6. The number of ether oxygens (including phenoxy) is 1. The number of rotatable bonds is 22. The number of carbonyl (C=O) groups is 4. The molecule has 15 heteroatoms. The molecule has 5 aromatic rings. The number of para-hydroxylation sites is 1. The van der Waals surface area contributed by atoms with Gasteiger partial charge in [0.25, 0.3) is 5.91 Å². The molecule has 3 amide bonds. The van der Waals surface area contributed by atoms with Crippen molar-refractivity contribution in [3.63, 3.8) is 0 Å². The minimum Gasteiger partial charge on any atom is -0.493 e. The van der Waals surface area contributed by atoms with Crippen LogP contribution in [0.4, 0.5) is 4.39 Å². The normalized spacial score (nSPS) is 17.3. The Bertz CT molecular complexity index is 2540. The van der Waals surface area contributed by atoms with Crippen LogP contribution in [0.1, 0.15) is 87.2 Å². The third kappa shape index (κ3) is 12.8. The van der Waals surface area contributed by atoms with Crippen LogP contribution in [0.5, 0.6) is 5.75 Å². The van der Waals surface area contributed by atoms with E-state index in [9.17, 15) is 28.7 Å². The predicted octanol–water partition coefficient (Wildman–Crippen LogP) is 7.08. The first-order valence-corrected chi connectivity index (χ1v) is 24.1. The van der Waals surface area contributed by atoms with Crippen molar-refractivity contribution >= 4 is 51.8 Å². The molecule has 1 saturated carbocycles. The van der Waals surface area contributed by atoms with Crippen molar-refractivity contribution in [2.24, 2.45) is 5.41 Å². The van der Waals surface area contributed by atoms with E-state index >= 15 is 0 Å². The number of thiazole rings is 1. The number of aromatic nitrogens is 2. The largest absolute Gasteiger partial charge is 0.493 e. The number of ketones is 1. The number of carbonyl (C=O) groups excluding carboxylic acids is 4. The van der Waals surface area contributed by atoms with Crippen LogP contribution in [0.2, 0.25) is 0 Å². The molecule has 7 rings (SSSR count). The number of aliphatic hydroxyl groups is 2. The summed E-state index contributed by atoms with van der Waals surface area (Å²) in [7, 11) is 0. The maximum absolute atomic E-state index is 14.7. The fourth-order valence-electron chi connectivity index (χ4n) is 8.49. The van der Waals surface area contributed by atoms with Crippen LogP contribution in [0, 0.1) is 12.3 Å². The van der Waals surface area contributed by atoms with Crippen LogP contribution in [-0.2, 0) is 38.7 Å². The van der Waals surface area contributed by atoms with E-state index in [0.29, 0.717) is 12.4 Å². The summed E-state index contributed by atoms with van der Waals surface area (Å²) < 4.78 is 21.2. The van der Waals surface area contributed by atoms with Crippen LogP contribution in [0.15, 0.2) is 84.5 Å². The number of nitrogens with one attached hydrogen (secondary N) is 3. The number of aromatic amines is 1. The molecule has 2 aromatic heterocycles. The number of nitrogens with zero attached hydrogens (tertiary/aromatic N) is 3. The fraction of sp³-hybridized carbons (Fsp3) is 0.442. The number of hydrogen-bond donors (Lipinski definition) is 5. The molecule has 1 saturated heterocycles. The molecular formula is C52H63FN6O7S. The Labute approximate surface area is 395 Å². The van der Waals surface area contributed by atoms with Gasteiger partial charge in [-0.15, -0.1) is 11.3 Å². The van der Waals surface area contributed by atoms with Gasteiger partial charge in [-0.2, -0.15) is 0 Å². The number of β-amino-alcohol motifs (C(OH)–C–C–N with tert-alkyl or cyclic N) is 1. The average molecular weight is 935 g/mol. The van der Waals surface area contributed by atoms with Crippen LogP contribution in [0.3, 0.4) is 0 Å². The van der Waals surface area contributed by atoms with Gasteiger partial charge in [-0.25, -0.2) is 9.37 Å². The number of aliphatic hydroxyl groups excluding tert-OH is 2. The lowest BCUT2D eigenvalue weighted by Crippen LogP contribution is -2.59. The number of likely N-dealkylation sites (tertiary alicyclic amines) is 1. The molecule has 2 fully saturated rings. The average Bonchev–Trinajstić information content (AvgIpc) is 3.57. The van der Waals surface area contributed by atoms with E-state index in [1.54, 1.807) is 32.4 Å². The molecule has 13 nitrogen and oxygen atoms in total. The number of alkyl halides is 1. The Morgan fingerprint density at radius 2 is 1.82 bits per heavy atom.